The van der Waals surface area contributed by atoms with Gasteiger partial charge in [0, 0.05) is 6.21 Å². The molecule has 0 bridgehead atoms. The first-order chi connectivity index (χ1) is 8.58. The fraction of sp³-hybridized carbons (Fsp3) is 0.615. The molecule has 2 atom stereocenters. The monoisotopic (exact) mass is 255 g/mol. The van der Waals surface area contributed by atoms with Gasteiger partial charge in [-0.15, -0.1) is 0 Å². The van der Waals surface area contributed by atoms with E-state index in [4.69, 9.17) is 9.47 Å². The molecule has 0 aliphatic heterocycles. The molecule has 0 aromatic heterocycles. The minimum Gasteiger partial charge on any atom is -0.466 e. The van der Waals surface area contributed by atoms with E-state index in [-0.39, 0.29) is 19.8 Å². The zero-order valence-electron chi connectivity index (χ0n) is 11.2. The molecule has 0 radical (unpaired) electrons. The van der Waals surface area contributed by atoms with Crippen molar-refractivity contribution in [1.82, 2.24) is 0 Å². The van der Waals surface area contributed by atoms with Crippen LogP contribution in [0.5, 0.6) is 0 Å². The molecule has 5 heteroatoms. The van der Waals surface area contributed by atoms with Crippen molar-refractivity contribution in [2.75, 3.05) is 19.8 Å². The van der Waals surface area contributed by atoms with Crippen LogP contribution in [0.4, 0.5) is 0 Å². The Kier molecular flexibility index (Phi) is 8.53. The number of carbonyl (C=O) groups excluding carboxylic acids is 2. The van der Waals surface area contributed by atoms with Gasteiger partial charge in [-0.1, -0.05) is 19.6 Å². The molecule has 0 rings (SSSR count). The lowest BCUT2D eigenvalue weighted by molar-refractivity contribution is -0.159. The number of ether oxygens (including phenoxy) is 2. The molecule has 0 aliphatic rings. The summed E-state index contributed by atoms with van der Waals surface area (Å²) >= 11 is 0. The number of hydrogen-bond donors (Lipinski definition) is 0. The molecule has 0 aliphatic carbocycles. The van der Waals surface area contributed by atoms with Crippen molar-refractivity contribution in [2.45, 2.75) is 20.8 Å². The van der Waals surface area contributed by atoms with Crippen molar-refractivity contribution >= 4 is 18.2 Å². The molecule has 0 heterocycles. The van der Waals surface area contributed by atoms with Gasteiger partial charge >= 0.3 is 11.9 Å². The number of esters is 2. The van der Waals surface area contributed by atoms with Crippen molar-refractivity contribution in [3.8, 4) is 0 Å². The molecule has 0 spiro atoms. The Labute approximate surface area is 108 Å². The van der Waals surface area contributed by atoms with Gasteiger partial charge < -0.3 is 9.47 Å². The van der Waals surface area contributed by atoms with Gasteiger partial charge in [-0.2, -0.15) is 0 Å². The maximum absolute atomic E-state index is 11.8. The third-order valence-corrected chi connectivity index (χ3v) is 2.36. The third kappa shape index (κ3) is 5.61. The summed E-state index contributed by atoms with van der Waals surface area (Å²) in [5.41, 5.74) is 0. The van der Waals surface area contributed by atoms with Gasteiger partial charge in [-0.3, -0.25) is 14.6 Å². The summed E-state index contributed by atoms with van der Waals surface area (Å²) in [4.78, 5) is 27.4. The van der Waals surface area contributed by atoms with E-state index >= 15 is 0 Å². The van der Waals surface area contributed by atoms with Crippen LogP contribution in [0.15, 0.2) is 17.6 Å². The number of rotatable bonds is 8. The first-order valence-electron chi connectivity index (χ1n) is 6.02. The van der Waals surface area contributed by atoms with Crippen LogP contribution >= 0.6 is 0 Å². The van der Waals surface area contributed by atoms with Gasteiger partial charge in [0.05, 0.1) is 31.6 Å². The Hall–Kier alpha value is -1.65. The number of allylic oxidation sites excluding steroid dienone is 1. The van der Waals surface area contributed by atoms with Crippen LogP contribution in [0.1, 0.15) is 20.8 Å². The van der Waals surface area contributed by atoms with Crippen LogP contribution in [0.2, 0.25) is 0 Å². The number of nitrogens with zero attached hydrogens (tertiary/aromatic N) is 1. The zero-order chi connectivity index (χ0) is 14.0. The summed E-state index contributed by atoms with van der Waals surface area (Å²) in [6.45, 7) is 9.32. The van der Waals surface area contributed by atoms with Crippen molar-refractivity contribution < 1.29 is 19.1 Å². The summed E-state index contributed by atoms with van der Waals surface area (Å²) in [5.74, 6) is -2.05. The van der Waals surface area contributed by atoms with Crippen molar-refractivity contribution in [2.24, 2.45) is 16.8 Å². The zero-order valence-corrected chi connectivity index (χ0v) is 11.2. The molecule has 0 fully saturated rings. The van der Waals surface area contributed by atoms with E-state index in [0.29, 0.717) is 0 Å². The van der Waals surface area contributed by atoms with Crippen molar-refractivity contribution in [1.29, 1.82) is 0 Å². The average Bonchev–Trinajstić information content (AvgIpc) is 2.34. The van der Waals surface area contributed by atoms with E-state index in [1.54, 1.807) is 20.8 Å². The summed E-state index contributed by atoms with van der Waals surface area (Å²) in [6, 6.07) is 0. The van der Waals surface area contributed by atoms with Gasteiger partial charge in [0.15, 0.2) is 0 Å². The van der Waals surface area contributed by atoms with Crippen LogP contribution in [0, 0.1) is 11.8 Å². The standard InChI is InChI=1S/C13H21NO4/c1-5-8-14-9-11(13(16)18-7-3)10(4)12(15)17-6-2/h5,8,10-11H,1,6-7,9H2,2-4H3/b14-8-/t10?,11-/m1/s1. The highest BCUT2D eigenvalue weighted by Crippen LogP contribution is 2.16. The maximum atomic E-state index is 11.8. The first kappa shape index (κ1) is 16.4. The van der Waals surface area contributed by atoms with Crippen LogP contribution in [-0.2, 0) is 19.1 Å². The van der Waals surface area contributed by atoms with Crippen LogP contribution in [0.3, 0.4) is 0 Å². The smallest absolute Gasteiger partial charge is 0.311 e. The van der Waals surface area contributed by atoms with E-state index < -0.39 is 23.8 Å². The predicted octanol–water partition coefficient (Wildman–Crippen LogP) is 1.62. The lowest BCUT2D eigenvalue weighted by Gasteiger charge is -2.19. The second-order valence-electron chi connectivity index (χ2n) is 3.65. The Morgan fingerprint density at radius 1 is 1.22 bits per heavy atom. The highest BCUT2D eigenvalue weighted by atomic mass is 16.5. The molecule has 102 valence electrons. The SMILES string of the molecule is C=C/C=N\C[C@@H](C(=O)OCC)C(C)C(=O)OCC. The largest absolute Gasteiger partial charge is 0.466 e. The molecular formula is C13H21NO4. The Balaban J connectivity index is 4.72. The number of aliphatic imine (C=N–C) groups is 1. The molecule has 5 nitrogen and oxygen atoms in total. The summed E-state index contributed by atoms with van der Waals surface area (Å²) in [6.07, 6.45) is 3.00. The molecule has 0 N–H and O–H groups in total. The predicted molar refractivity (Wildman–Crippen MR) is 69.5 cm³/mol. The molecule has 0 saturated carbocycles. The number of carbonyl (C=O) groups is 2. The fourth-order valence-corrected chi connectivity index (χ4v) is 1.37. The molecule has 0 aromatic rings. The lowest BCUT2D eigenvalue weighted by Crippen LogP contribution is -2.32. The molecule has 1 unspecified atom stereocenters. The fourth-order valence-electron chi connectivity index (χ4n) is 1.37. The second kappa shape index (κ2) is 9.39. The van der Waals surface area contributed by atoms with Crippen molar-refractivity contribution in [3.63, 3.8) is 0 Å². The summed E-state index contributed by atoms with van der Waals surface area (Å²) < 4.78 is 9.84. The van der Waals surface area contributed by atoms with E-state index in [2.05, 4.69) is 11.6 Å². The molecular weight excluding hydrogens is 234 g/mol. The van der Waals surface area contributed by atoms with E-state index in [9.17, 15) is 9.59 Å². The maximum Gasteiger partial charge on any atom is 0.311 e. The lowest BCUT2D eigenvalue weighted by atomic mass is 9.94. The van der Waals surface area contributed by atoms with E-state index in [0.717, 1.165) is 0 Å². The second-order valence-corrected chi connectivity index (χ2v) is 3.65. The van der Waals surface area contributed by atoms with Gasteiger partial charge in [0.25, 0.3) is 0 Å². The minimum absolute atomic E-state index is 0.185. The normalized spacial score (nSPS) is 13.9. The molecule has 0 amide bonds. The van der Waals surface area contributed by atoms with Gasteiger partial charge in [-0.25, -0.2) is 0 Å². The molecule has 18 heavy (non-hydrogen) atoms. The highest BCUT2D eigenvalue weighted by molar-refractivity contribution is 5.82. The average molecular weight is 255 g/mol. The first-order valence-corrected chi connectivity index (χ1v) is 6.02. The highest BCUT2D eigenvalue weighted by Gasteiger charge is 2.32. The minimum atomic E-state index is -0.625. The molecule has 0 saturated heterocycles. The van der Waals surface area contributed by atoms with Gasteiger partial charge in [0.1, 0.15) is 0 Å². The van der Waals surface area contributed by atoms with Crippen molar-refractivity contribution in [3.05, 3.63) is 12.7 Å². The van der Waals surface area contributed by atoms with Crippen LogP contribution < -0.4 is 0 Å². The van der Waals surface area contributed by atoms with E-state index in [1.165, 1.54) is 12.3 Å². The van der Waals surface area contributed by atoms with Crippen LogP contribution in [-0.4, -0.2) is 37.9 Å². The topological polar surface area (TPSA) is 65.0 Å². The molecule has 0 aromatic carbocycles. The summed E-state index contributed by atoms with van der Waals surface area (Å²) in [7, 11) is 0. The van der Waals surface area contributed by atoms with Crippen LogP contribution in [0.25, 0.3) is 0 Å². The van der Waals surface area contributed by atoms with Gasteiger partial charge in [0.2, 0.25) is 0 Å². The number of hydrogen-bond acceptors (Lipinski definition) is 5. The Morgan fingerprint density at radius 2 is 1.78 bits per heavy atom. The Morgan fingerprint density at radius 3 is 2.28 bits per heavy atom. The Bertz CT molecular complexity index is 312. The van der Waals surface area contributed by atoms with E-state index in [1.807, 2.05) is 0 Å². The quantitative estimate of drug-likeness (QED) is 0.488. The van der Waals surface area contributed by atoms with Gasteiger partial charge in [-0.05, 0) is 13.8 Å². The third-order valence-electron chi connectivity index (χ3n) is 2.36. The summed E-state index contributed by atoms with van der Waals surface area (Å²) in [5, 5.41) is 0.